The third-order valence-corrected chi connectivity index (χ3v) is 5.04. The minimum Gasteiger partial charge on any atom is -0.493 e. The highest BCUT2D eigenvalue weighted by atomic mass is 32.2. The van der Waals surface area contributed by atoms with Crippen LogP contribution in [0.5, 0.6) is 11.5 Å². The van der Waals surface area contributed by atoms with Gasteiger partial charge in [0.25, 0.3) is 0 Å². The van der Waals surface area contributed by atoms with Crippen molar-refractivity contribution in [3.05, 3.63) is 23.8 Å². The predicted molar refractivity (Wildman–Crippen MR) is 84.8 cm³/mol. The monoisotopic (exact) mass is 315 g/mol. The van der Waals surface area contributed by atoms with Gasteiger partial charge in [-0.1, -0.05) is 26.0 Å². The van der Waals surface area contributed by atoms with Crippen LogP contribution in [0.3, 0.4) is 0 Å². The highest BCUT2D eigenvalue weighted by molar-refractivity contribution is 7.91. The molecule has 0 aliphatic rings. The lowest BCUT2D eigenvalue weighted by molar-refractivity contribution is 0.307. The summed E-state index contributed by atoms with van der Waals surface area (Å²) in [5.41, 5.74) is 6.93. The van der Waals surface area contributed by atoms with Crippen molar-refractivity contribution in [2.24, 2.45) is 5.73 Å². The fraction of sp³-hybridized carbons (Fsp3) is 0.600. The van der Waals surface area contributed by atoms with E-state index in [0.717, 1.165) is 12.0 Å². The van der Waals surface area contributed by atoms with Crippen LogP contribution in [-0.2, 0) is 16.3 Å². The smallest absolute Gasteiger partial charge is 0.164 e. The lowest BCUT2D eigenvalue weighted by Gasteiger charge is -2.17. The van der Waals surface area contributed by atoms with Gasteiger partial charge in [-0.05, 0) is 24.5 Å². The second kappa shape index (κ2) is 8.24. The minimum absolute atomic E-state index is 0.000813. The molecule has 0 aromatic heterocycles. The van der Waals surface area contributed by atoms with Gasteiger partial charge in [0.15, 0.2) is 21.3 Å². The Morgan fingerprint density at radius 2 is 2.00 bits per heavy atom. The summed E-state index contributed by atoms with van der Waals surface area (Å²) < 4.78 is 34.0. The molecule has 0 saturated carbocycles. The number of sulfone groups is 1. The number of nitrogens with two attached hydrogens (primary N) is 1. The SMILES string of the molecule is CCC(N)Cc1cccc(OC)c1OCCS(=O)(=O)CC. The van der Waals surface area contributed by atoms with E-state index in [1.165, 1.54) is 0 Å². The van der Waals surface area contributed by atoms with E-state index in [1.54, 1.807) is 20.1 Å². The predicted octanol–water partition coefficient (Wildman–Crippen LogP) is 1.79. The zero-order valence-corrected chi connectivity index (χ0v) is 13.8. The summed E-state index contributed by atoms with van der Waals surface area (Å²) >= 11 is 0. The van der Waals surface area contributed by atoms with E-state index in [9.17, 15) is 8.42 Å². The van der Waals surface area contributed by atoms with Crippen LogP contribution >= 0.6 is 0 Å². The van der Waals surface area contributed by atoms with Gasteiger partial charge < -0.3 is 15.2 Å². The van der Waals surface area contributed by atoms with E-state index in [1.807, 2.05) is 19.1 Å². The summed E-state index contributed by atoms with van der Waals surface area (Å²) in [6.45, 7) is 3.77. The van der Waals surface area contributed by atoms with Gasteiger partial charge in [-0.15, -0.1) is 0 Å². The van der Waals surface area contributed by atoms with Gasteiger partial charge in [-0.2, -0.15) is 0 Å². The standard InChI is InChI=1S/C15H25NO4S/c1-4-13(16)11-12-7-6-8-14(19-3)15(12)20-9-10-21(17,18)5-2/h6-8,13H,4-5,9-11,16H2,1-3H3. The highest BCUT2D eigenvalue weighted by Gasteiger charge is 2.14. The first kappa shape index (κ1) is 17.8. The third-order valence-electron chi connectivity index (χ3n) is 3.37. The van der Waals surface area contributed by atoms with E-state index in [-0.39, 0.29) is 24.2 Å². The van der Waals surface area contributed by atoms with Crippen molar-refractivity contribution >= 4 is 9.84 Å². The van der Waals surface area contributed by atoms with Crippen LogP contribution in [0.2, 0.25) is 0 Å². The Bertz CT molecular complexity index is 543. The second-order valence-corrected chi connectivity index (χ2v) is 7.38. The van der Waals surface area contributed by atoms with E-state index < -0.39 is 9.84 Å². The van der Waals surface area contributed by atoms with Crippen molar-refractivity contribution in [2.45, 2.75) is 32.7 Å². The maximum absolute atomic E-state index is 11.5. The van der Waals surface area contributed by atoms with Gasteiger partial charge >= 0.3 is 0 Å². The van der Waals surface area contributed by atoms with Crippen LogP contribution in [-0.4, -0.2) is 39.7 Å². The Balaban J connectivity index is 2.87. The summed E-state index contributed by atoms with van der Waals surface area (Å²) in [7, 11) is -1.48. The summed E-state index contributed by atoms with van der Waals surface area (Å²) in [4.78, 5) is 0. The molecule has 0 aliphatic carbocycles. The largest absolute Gasteiger partial charge is 0.493 e. The molecule has 21 heavy (non-hydrogen) atoms. The van der Waals surface area contributed by atoms with Crippen LogP contribution in [0.1, 0.15) is 25.8 Å². The van der Waals surface area contributed by atoms with Crippen molar-refractivity contribution < 1.29 is 17.9 Å². The first-order valence-corrected chi connectivity index (χ1v) is 9.00. The number of ether oxygens (including phenoxy) is 2. The number of benzene rings is 1. The molecular formula is C15H25NO4S. The van der Waals surface area contributed by atoms with Crippen LogP contribution in [0.4, 0.5) is 0 Å². The molecule has 0 aliphatic heterocycles. The first-order valence-electron chi connectivity index (χ1n) is 7.18. The van der Waals surface area contributed by atoms with E-state index >= 15 is 0 Å². The third kappa shape index (κ3) is 5.55. The maximum atomic E-state index is 11.5. The molecule has 0 amide bonds. The van der Waals surface area contributed by atoms with Crippen molar-refractivity contribution in [3.8, 4) is 11.5 Å². The number of hydrogen-bond donors (Lipinski definition) is 1. The van der Waals surface area contributed by atoms with Crippen molar-refractivity contribution in [2.75, 3.05) is 25.2 Å². The normalized spacial score (nSPS) is 13.0. The zero-order chi connectivity index (χ0) is 15.9. The fourth-order valence-corrected chi connectivity index (χ4v) is 2.51. The number of rotatable bonds is 9. The van der Waals surface area contributed by atoms with Gasteiger partial charge in [0.1, 0.15) is 6.61 Å². The van der Waals surface area contributed by atoms with Crippen LogP contribution in [0, 0.1) is 0 Å². The molecule has 1 aromatic rings. The van der Waals surface area contributed by atoms with Gasteiger partial charge in [0.2, 0.25) is 0 Å². The molecule has 5 nitrogen and oxygen atoms in total. The molecule has 1 aromatic carbocycles. The Labute approximate surface area is 127 Å². The molecule has 1 atom stereocenters. The van der Waals surface area contributed by atoms with Crippen molar-refractivity contribution in [1.29, 1.82) is 0 Å². The molecule has 1 rings (SSSR count). The average molecular weight is 315 g/mol. The molecule has 0 bridgehead atoms. The van der Waals surface area contributed by atoms with Gasteiger partial charge in [0, 0.05) is 11.8 Å². The van der Waals surface area contributed by atoms with E-state index in [2.05, 4.69) is 0 Å². The summed E-state index contributed by atoms with van der Waals surface area (Å²) in [6.07, 6.45) is 1.53. The quantitative estimate of drug-likeness (QED) is 0.751. The van der Waals surface area contributed by atoms with Gasteiger partial charge in [-0.3, -0.25) is 0 Å². The average Bonchev–Trinajstić information content (AvgIpc) is 2.48. The van der Waals surface area contributed by atoms with Crippen LogP contribution in [0.25, 0.3) is 0 Å². The van der Waals surface area contributed by atoms with Crippen LogP contribution in [0.15, 0.2) is 18.2 Å². The number of hydrogen-bond acceptors (Lipinski definition) is 5. The van der Waals surface area contributed by atoms with E-state index in [0.29, 0.717) is 17.9 Å². The maximum Gasteiger partial charge on any atom is 0.164 e. The topological polar surface area (TPSA) is 78.6 Å². The summed E-state index contributed by atoms with van der Waals surface area (Å²) in [5.74, 6) is 1.32. The number of para-hydroxylation sites is 1. The van der Waals surface area contributed by atoms with E-state index in [4.69, 9.17) is 15.2 Å². The fourth-order valence-electron chi connectivity index (χ4n) is 1.89. The molecule has 0 saturated heterocycles. The molecule has 120 valence electrons. The molecule has 2 N–H and O–H groups in total. The Morgan fingerprint density at radius 1 is 1.29 bits per heavy atom. The molecule has 1 unspecified atom stereocenters. The lowest BCUT2D eigenvalue weighted by atomic mass is 10.0. The highest BCUT2D eigenvalue weighted by Crippen LogP contribution is 2.32. The summed E-state index contributed by atoms with van der Waals surface area (Å²) in [5, 5.41) is 0. The zero-order valence-electron chi connectivity index (χ0n) is 13.0. The van der Waals surface area contributed by atoms with Crippen LogP contribution < -0.4 is 15.2 Å². The molecule has 0 heterocycles. The molecular weight excluding hydrogens is 290 g/mol. The lowest BCUT2D eigenvalue weighted by Crippen LogP contribution is -2.22. The molecule has 0 radical (unpaired) electrons. The van der Waals surface area contributed by atoms with Crippen molar-refractivity contribution in [3.63, 3.8) is 0 Å². The first-order chi connectivity index (χ1) is 9.93. The summed E-state index contributed by atoms with van der Waals surface area (Å²) in [6, 6.07) is 5.65. The Morgan fingerprint density at radius 3 is 2.57 bits per heavy atom. The number of methoxy groups -OCH3 is 1. The Hall–Kier alpha value is -1.27. The molecule has 0 spiro atoms. The molecule has 6 heteroatoms. The molecule has 0 fully saturated rings. The van der Waals surface area contributed by atoms with Gasteiger partial charge in [-0.25, -0.2) is 8.42 Å². The Kier molecular flexibility index (Phi) is 6.98. The van der Waals surface area contributed by atoms with Crippen molar-refractivity contribution in [1.82, 2.24) is 0 Å². The second-order valence-electron chi connectivity index (χ2n) is 4.91. The van der Waals surface area contributed by atoms with Gasteiger partial charge in [0.05, 0.1) is 12.9 Å². The minimum atomic E-state index is -3.04.